The van der Waals surface area contributed by atoms with Crippen molar-refractivity contribution in [2.24, 2.45) is 0 Å². The van der Waals surface area contributed by atoms with Gasteiger partial charge in [0.05, 0.1) is 0 Å². The van der Waals surface area contributed by atoms with E-state index in [-0.39, 0.29) is 6.42 Å². The first-order chi connectivity index (χ1) is 9.49. The molecule has 0 aliphatic carbocycles. The lowest BCUT2D eigenvalue weighted by Crippen LogP contribution is -2.06. The van der Waals surface area contributed by atoms with Gasteiger partial charge in [0.25, 0.3) is 0 Å². The molecule has 0 bridgehead atoms. The van der Waals surface area contributed by atoms with E-state index in [1.807, 2.05) is 26.8 Å². The first-order valence-corrected chi connectivity index (χ1v) is 6.46. The molecule has 104 valence electrons. The molecule has 2 aromatic rings. The highest BCUT2D eigenvalue weighted by molar-refractivity contribution is 5.67. The number of aryl methyl sites for hydroxylation is 3. The van der Waals surface area contributed by atoms with Gasteiger partial charge in [0, 0.05) is 35.8 Å². The van der Waals surface area contributed by atoms with E-state index in [2.05, 4.69) is 15.0 Å². The number of carboxylic acids is 1. The molecule has 0 saturated heterocycles. The number of carbonyl (C=O) groups is 1. The highest BCUT2D eigenvalue weighted by atomic mass is 16.4. The second kappa shape index (κ2) is 5.77. The molecule has 0 fully saturated rings. The van der Waals surface area contributed by atoms with Gasteiger partial charge in [0.15, 0.2) is 5.82 Å². The summed E-state index contributed by atoms with van der Waals surface area (Å²) in [6.45, 7) is 5.76. The Morgan fingerprint density at radius 2 is 1.85 bits per heavy atom. The molecule has 2 aromatic heterocycles. The first kappa shape index (κ1) is 14.1. The van der Waals surface area contributed by atoms with Crippen molar-refractivity contribution in [3.63, 3.8) is 0 Å². The standard InChI is InChI=1S/C15H17N3O2/c1-9-8-16-7-6-12(9)15-17-10(2)13(11(3)18-15)4-5-14(19)20/h6-8H,4-5H2,1-3H3,(H,19,20). The molecule has 1 N–H and O–H groups in total. The summed E-state index contributed by atoms with van der Waals surface area (Å²) in [5.41, 5.74) is 4.57. The summed E-state index contributed by atoms with van der Waals surface area (Å²) in [6.07, 6.45) is 4.05. The summed E-state index contributed by atoms with van der Waals surface area (Å²) >= 11 is 0. The Balaban J connectivity index is 2.40. The topological polar surface area (TPSA) is 76.0 Å². The third kappa shape index (κ3) is 2.99. The normalized spacial score (nSPS) is 10.6. The summed E-state index contributed by atoms with van der Waals surface area (Å²) in [6, 6.07) is 1.89. The summed E-state index contributed by atoms with van der Waals surface area (Å²) in [7, 11) is 0. The first-order valence-electron chi connectivity index (χ1n) is 6.46. The van der Waals surface area contributed by atoms with Crippen LogP contribution >= 0.6 is 0 Å². The second-order valence-electron chi connectivity index (χ2n) is 4.78. The molecule has 0 amide bonds. The SMILES string of the molecule is Cc1cnccc1-c1nc(C)c(CCC(=O)O)c(C)n1. The van der Waals surface area contributed by atoms with E-state index in [4.69, 9.17) is 5.11 Å². The van der Waals surface area contributed by atoms with Crippen LogP contribution in [0.3, 0.4) is 0 Å². The Bertz CT molecular complexity index is 630. The van der Waals surface area contributed by atoms with Gasteiger partial charge in [-0.1, -0.05) is 0 Å². The number of carboxylic acid groups (broad SMARTS) is 1. The zero-order valence-electron chi connectivity index (χ0n) is 11.8. The number of aliphatic carboxylic acids is 1. The van der Waals surface area contributed by atoms with E-state index in [9.17, 15) is 4.79 Å². The third-order valence-electron chi connectivity index (χ3n) is 3.27. The average Bonchev–Trinajstić information content (AvgIpc) is 2.37. The number of rotatable bonds is 4. The number of aromatic nitrogens is 3. The van der Waals surface area contributed by atoms with Crippen molar-refractivity contribution in [3.8, 4) is 11.4 Å². The van der Waals surface area contributed by atoms with Gasteiger partial charge in [-0.3, -0.25) is 9.78 Å². The number of pyridine rings is 1. The Morgan fingerprint density at radius 1 is 1.20 bits per heavy atom. The second-order valence-corrected chi connectivity index (χ2v) is 4.78. The molecular formula is C15H17N3O2. The van der Waals surface area contributed by atoms with Crippen LogP contribution in [0, 0.1) is 20.8 Å². The van der Waals surface area contributed by atoms with Crippen molar-refractivity contribution in [2.45, 2.75) is 33.6 Å². The van der Waals surface area contributed by atoms with E-state index in [0.29, 0.717) is 12.2 Å². The van der Waals surface area contributed by atoms with Gasteiger partial charge in [0.2, 0.25) is 0 Å². The van der Waals surface area contributed by atoms with Crippen LogP contribution in [-0.2, 0) is 11.2 Å². The Labute approximate surface area is 117 Å². The fraction of sp³-hybridized carbons (Fsp3) is 0.333. The summed E-state index contributed by atoms with van der Waals surface area (Å²) in [5.74, 6) is -0.142. The van der Waals surface area contributed by atoms with Crippen LogP contribution in [0.4, 0.5) is 0 Å². The van der Waals surface area contributed by atoms with Gasteiger partial charge in [-0.15, -0.1) is 0 Å². The Kier molecular flexibility index (Phi) is 4.08. The molecule has 2 rings (SSSR count). The van der Waals surface area contributed by atoms with Gasteiger partial charge in [-0.05, 0) is 44.4 Å². The maximum Gasteiger partial charge on any atom is 0.303 e. The van der Waals surface area contributed by atoms with Crippen molar-refractivity contribution in [2.75, 3.05) is 0 Å². The summed E-state index contributed by atoms with van der Waals surface area (Å²) < 4.78 is 0. The van der Waals surface area contributed by atoms with Gasteiger partial charge >= 0.3 is 5.97 Å². The minimum absolute atomic E-state index is 0.0959. The lowest BCUT2D eigenvalue weighted by Gasteiger charge is -2.11. The number of nitrogens with zero attached hydrogens (tertiary/aromatic N) is 3. The fourth-order valence-corrected chi connectivity index (χ4v) is 2.18. The highest BCUT2D eigenvalue weighted by Crippen LogP contribution is 2.21. The van der Waals surface area contributed by atoms with Crippen molar-refractivity contribution in [1.82, 2.24) is 15.0 Å². The predicted octanol–water partition coefficient (Wildman–Crippen LogP) is 2.48. The minimum atomic E-state index is -0.808. The average molecular weight is 271 g/mol. The Hall–Kier alpha value is -2.30. The Morgan fingerprint density at radius 3 is 2.40 bits per heavy atom. The lowest BCUT2D eigenvalue weighted by molar-refractivity contribution is -0.136. The smallest absolute Gasteiger partial charge is 0.303 e. The molecule has 0 aliphatic heterocycles. The third-order valence-corrected chi connectivity index (χ3v) is 3.27. The van der Waals surface area contributed by atoms with Crippen LogP contribution in [0.2, 0.25) is 0 Å². The molecule has 0 atom stereocenters. The molecule has 0 radical (unpaired) electrons. The molecule has 0 saturated carbocycles. The summed E-state index contributed by atoms with van der Waals surface area (Å²) in [4.78, 5) is 23.8. The molecule has 0 unspecified atom stereocenters. The number of hydrogen-bond acceptors (Lipinski definition) is 4. The van der Waals surface area contributed by atoms with Crippen LogP contribution in [-0.4, -0.2) is 26.0 Å². The van der Waals surface area contributed by atoms with Crippen LogP contribution < -0.4 is 0 Å². The van der Waals surface area contributed by atoms with Crippen molar-refractivity contribution >= 4 is 5.97 Å². The quantitative estimate of drug-likeness (QED) is 0.924. The lowest BCUT2D eigenvalue weighted by atomic mass is 10.1. The molecular weight excluding hydrogens is 254 g/mol. The molecule has 5 heteroatoms. The molecule has 0 aliphatic rings. The largest absolute Gasteiger partial charge is 0.481 e. The van der Waals surface area contributed by atoms with Crippen LogP contribution in [0.1, 0.15) is 28.9 Å². The predicted molar refractivity (Wildman–Crippen MR) is 75.4 cm³/mol. The molecule has 0 aromatic carbocycles. The van der Waals surface area contributed by atoms with Gasteiger partial charge < -0.3 is 5.11 Å². The molecule has 0 spiro atoms. The van der Waals surface area contributed by atoms with E-state index < -0.39 is 5.97 Å². The van der Waals surface area contributed by atoms with E-state index in [1.165, 1.54) is 0 Å². The monoisotopic (exact) mass is 271 g/mol. The number of hydrogen-bond donors (Lipinski definition) is 1. The van der Waals surface area contributed by atoms with Crippen molar-refractivity contribution in [3.05, 3.63) is 41.0 Å². The zero-order valence-corrected chi connectivity index (χ0v) is 11.8. The van der Waals surface area contributed by atoms with Gasteiger partial charge in [-0.25, -0.2) is 9.97 Å². The van der Waals surface area contributed by atoms with Crippen molar-refractivity contribution < 1.29 is 9.90 Å². The van der Waals surface area contributed by atoms with Crippen LogP contribution in [0.15, 0.2) is 18.5 Å². The van der Waals surface area contributed by atoms with E-state index in [0.717, 1.165) is 28.1 Å². The van der Waals surface area contributed by atoms with Gasteiger partial charge in [-0.2, -0.15) is 0 Å². The van der Waals surface area contributed by atoms with Crippen molar-refractivity contribution in [1.29, 1.82) is 0 Å². The van der Waals surface area contributed by atoms with Crippen LogP contribution in [0.25, 0.3) is 11.4 Å². The minimum Gasteiger partial charge on any atom is -0.481 e. The summed E-state index contributed by atoms with van der Waals surface area (Å²) in [5, 5.41) is 8.78. The maximum atomic E-state index is 10.7. The molecule has 20 heavy (non-hydrogen) atoms. The molecule has 2 heterocycles. The zero-order chi connectivity index (χ0) is 14.7. The van der Waals surface area contributed by atoms with E-state index >= 15 is 0 Å². The maximum absolute atomic E-state index is 10.7. The molecule has 5 nitrogen and oxygen atoms in total. The fourth-order valence-electron chi connectivity index (χ4n) is 2.18. The van der Waals surface area contributed by atoms with Gasteiger partial charge in [0.1, 0.15) is 0 Å². The highest BCUT2D eigenvalue weighted by Gasteiger charge is 2.12. The van der Waals surface area contributed by atoms with E-state index in [1.54, 1.807) is 12.4 Å². The van der Waals surface area contributed by atoms with Crippen LogP contribution in [0.5, 0.6) is 0 Å².